The number of ether oxygens (including phenoxy) is 1. The number of carbonyl (C=O) groups is 5. The van der Waals surface area contributed by atoms with Crippen LogP contribution in [0.15, 0.2) is 42.5 Å². The van der Waals surface area contributed by atoms with Crippen LogP contribution in [-0.4, -0.2) is 92.0 Å². The summed E-state index contributed by atoms with van der Waals surface area (Å²) in [5.41, 5.74) is 17.3. The summed E-state index contributed by atoms with van der Waals surface area (Å²) >= 11 is 0. The Morgan fingerprint density at radius 2 is 1.54 bits per heavy atom. The number of primary amides is 1. The Labute approximate surface area is 270 Å². The summed E-state index contributed by atoms with van der Waals surface area (Å²) in [6.45, 7) is 1.27. The SMILES string of the molecule is NCCCC[C@H](NC(=O)[C@H](CCCCN)NC(=O)[C@@H]1CCCN1C(=O)Cc1cccc2ccccc12)C(=O)NCCOCC(N)=O. The topological polar surface area (TPSA) is 212 Å². The zero-order valence-corrected chi connectivity index (χ0v) is 26.5. The highest BCUT2D eigenvalue weighted by Gasteiger charge is 2.36. The number of rotatable bonds is 20. The Morgan fingerprint density at radius 3 is 2.24 bits per heavy atom. The van der Waals surface area contributed by atoms with Gasteiger partial charge in [-0.15, -0.1) is 0 Å². The molecule has 2 aromatic rings. The molecular weight excluding hydrogens is 590 g/mol. The smallest absolute Gasteiger partial charge is 0.243 e. The molecule has 3 atom stereocenters. The Kier molecular flexibility index (Phi) is 15.4. The average molecular weight is 640 g/mol. The molecule has 1 aliphatic rings. The van der Waals surface area contributed by atoms with Gasteiger partial charge in [0.25, 0.3) is 0 Å². The Bertz CT molecular complexity index is 1320. The van der Waals surface area contributed by atoms with E-state index in [1.807, 2.05) is 42.5 Å². The third kappa shape index (κ3) is 11.4. The molecule has 5 amide bonds. The van der Waals surface area contributed by atoms with E-state index in [1.54, 1.807) is 4.90 Å². The van der Waals surface area contributed by atoms with E-state index in [0.29, 0.717) is 71.0 Å². The van der Waals surface area contributed by atoms with Gasteiger partial charge in [-0.25, -0.2) is 0 Å². The van der Waals surface area contributed by atoms with Crippen LogP contribution in [0.3, 0.4) is 0 Å². The maximum atomic E-state index is 13.6. The van der Waals surface area contributed by atoms with Crippen LogP contribution in [0, 0.1) is 0 Å². The van der Waals surface area contributed by atoms with Crippen molar-refractivity contribution < 1.29 is 28.7 Å². The Hall–Kier alpha value is -4.07. The molecule has 2 aromatic carbocycles. The molecule has 13 nitrogen and oxygen atoms in total. The first-order valence-electron chi connectivity index (χ1n) is 16.2. The molecule has 0 aliphatic carbocycles. The largest absolute Gasteiger partial charge is 0.370 e. The molecule has 3 rings (SSSR count). The van der Waals surface area contributed by atoms with Crippen LogP contribution in [-0.2, 0) is 35.1 Å². The first-order chi connectivity index (χ1) is 22.2. The number of unbranched alkanes of at least 4 members (excludes halogenated alkanes) is 2. The molecule has 1 fully saturated rings. The number of likely N-dealkylation sites (tertiary alicyclic amines) is 1. The van der Waals surface area contributed by atoms with Crippen molar-refractivity contribution in [3.05, 3.63) is 48.0 Å². The van der Waals surface area contributed by atoms with Crippen molar-refractivity contribution in [2.45, 2.75) is 75.9 Å². The number of nitrogens with zero attached hydrogens (tertiary/aromatic N) is 1. The molecular formula is C33H49N7O6. The summed E-state index contributed by atoms with van der Waals surface area (Å²) in [6, 6.07) is 11.2. The summed E-state index contributed by atoms with van der Waals surface area (Å²) in [7, 11) is 0. The molecule has 0 radical (unpaired) electrons. The molecule has 13 heteroatoms. The van der Waals surface area contributed by atoms with E-state index in [2.05, 4.69) is 16.0 Å². The number of nitrogens with two attached hydrogens (primary N) is 3. The van der Waals surface area contributed by atoms with Crippen LogP contribution in [0.25, 0.3) is 10.8 Å². The highest BCUT2D eigenvalue weighted by atomic mass is 16.5. The van der Waals surface area contributed by atoms with E-state index in [1.165, 1.54) is 0 Å². The quantitative estimate of drug-likeness (QED) is 0.110. The van der Waals surface area contributed by atoms with Gasteiger partial charge in [-0.05, 0) is 80.8 Å². The fraction of sp³-hybridized carbons (Fsp3) is 0.545. The molecule has 9 N–H and O–H groups in total. The number of benzene rings is 2. The van der Waals surface area contributed by atoms with Gasteiger partial charge in [0, 0.05) is 13.1 Å². The van der Waals surface area contributed by atoms with Crippen LogP contribution in [0.4, 0.5) is 0 Å². The third-order valence-corrected chi connectivity index (χ3v) is 8.05. The summed E-state index contributed by atoms with van der Waals surface area (Å²) in [5, 5.41) is 10.4. The average Bonchev–Trinajstić information content (AvgIpc) is 3.54. The summed E-state index contributed by atoms with van der Waals surface area (Å²) in [4.78, 5) is 66.1. The van der Waals surface area contributed by atoms with Gasteiger partial charge in [0.05, 0.1) is 13.0 Å². The monoisotopic (exact) mass is 639 g/mol. The van der Waals surface area contributed by atoms with Gasteiger partial charge in [-0.2, -0.15) is 0 Å². The van der Waals surface area contributed by atoms with Crippen LogP contribution < -0.4 is 33.2 Å². The first-order valence-corrected chi connectivity index (χ1v) is 16.2. The lowest BCUT2D eigenvalue weighted by Gasteiger charge is -2.28. The van der Waals surface area contributed by atoms with Crippen LogP contribution >= 0.6 is 0 Å². The van der Waals surface area contributed by atoms with E-state index < -0.39 is 41.8 Å². The Morgan fingerprint density at radius 1 is 0.870 bits per heavy atom. The van der Waals surface area contributed by atoms with Gasteiger partial charge >= 0.3 is 0 Å². The molecule has 0 saturated carbocycles. The van der Waals surface area contributed by atoms with Crippen molar-refractivity contribution in [3.8, 4) is 0 Å². The van der Waals surface area contributed by atoms with E-state index >= 15 is 0 Å². The van der Waals surface area contributed by atoms with E-state index in [4.69, 9.17) is 21.9 Å². The van der Waals surface area contributed by atoms with Gasteiger partial charge in [0.15, 0.2) is 0 Å². The second-order valence-electron chi connectivity index (χ2n) is 11.6. The van der Waals surface area contributed by atoms with Gasteiger partial charge in [-0.3, -0.25) is 24.0 Å². The number of hydrogen-bond donors (Lipinski definition) is 6. The van der Waals surface area contributed by atoms with Crippen molar-refractivity contribution in [1.29, 1.82) is 0 Å². The van der Waals surface area contributed by atoms with E-state index in [9.17, 15) is 24.0 Å². The second kappa shape index (κ2) is 19.4. The van der Waals surface area contributed by atoms with Gasteiger partial charge < -0.3 is 42.8 Å². The summed E-state index contributed by atoms with van der Waals surface area (Å²) in [5.74, 6) is -2.06. The molecule has 252 valence electrons. The number of nitrogens with one attached hydrogen (secondary N) is 3. The van der Waals surface area contributed by atoms with Gasteiger partial charge in [0.2, 0.25) is 29.5 Å². The van der Waals surface area contributed by atoms with Crippen molar-refractivity contribution >= 4 is 40.3 Å². The normalized spacial score (nSPS) is 15.7. The fourth-order valence-corrected chi connectivity index (χ4v) is 5.65. The molecule has 0 unspecified atom stereocenters. The molecule has 1 saturated heterocycles. The predicted octanol–water partition coefficient (Wildman–Crippen LogP) is 0.219. The second-order valence-corrected chi connectivity index (χ2v) is 11.6. The fourth-order valence-electron chi connectivity index (χ4n) is 5.65. The van der Waals surface area contributed by atoms with Crippen molar-refractivity contribution in [2.75, 3.05) is 39.4 Å². The standard InChI is InChI=1S/C33H49N7O6/c34-16-5-3-13-26(31(43)37-18-20-46-22-29(36)41)38-32(44)27(14-4-6-17-35)39-33(45)28-15-8-19-40(28)30(42)21-24-11-7-10-23-9-1-2-12-25(23)24/h1-2,7,9-12,26-28H,3-6,8,13-22,34-35H2,(H2,36,41)(H,37,43)(H,38,44)(H,39,45)/t26-,27-,28-/m0/s1. The lowest BCUT2D eigenvalue weighted by atomic mass is 10.0. The van der Waals surface area contributed by atoms with E-state index in [-0.39, 0.29) is 32.1 Å². The lowest BCUT2D eigenvalue weighted by molar-refractivity contribution is -0.139. The molecule has 46 heavy (non-hydrogen) atoms. The van der Waals surface area contributed by atoms with Crippen molar-refractivity contribution in [3.63, 3.8) is 0 Å². The number of fused-ring (bicyclic) bond motifs is 1. The molecule has 0 spiro atoms. The summed E-state index contributed by atoms with van der Waals surface area (Å²) in [6.07, 6.45) is 4.52. The number of hydrogen-bond acceptors (Lipinski definition) is 8. The zero-order chi connectivity index (χ0) is 33.3. The van der Waals surface area contributed by atoms with Crippen LogP contribution in [0.2, 0.25) is 0 Å². The van der Waals surface area contributed by atoms with E-state index in [0.717, 1.165) is 16.3 Å². The third-order valence-electron chi connectivity index (χ3n) is 8.05. The molecule has 1 heterocycles. The highest BCUT2D eigenvalue weighted by molar-refractivity contribution is 5.95. The maximum absolute atomic E-state index is 13.6. The molecule has 0 aromatic heterocycles. The minimum Gasteiger partial charge on any atom is -0.370 e. The molecule has 1 aliphatic heterocycles. The minimum atomic E-state index is -0.918. The predicted molar refractivity (Wildman–Crippen MR) is 175 cm³/mol. The maximum Gasteiger partial charge on any atom is 0.243 e. The number of carbonyl (C=O) groups excluding carboxylic acids is 5. The van der Waals surface area contributed by atoms with Gasteiger partial charge in [-0.1, -0.05) is 42.5 Å². The zero-order valence-electron chi connectivity index (χ0n) is 26.5. The first kappa shape index (κ1) is 36.4. The minimum absolute atomic E-state index is 0.0764. The van der Waals surface area contributed by atoms with Crippen molar-refractivity contribution in [1.82, 2.24) is 20.9 Å². The lowest BCUT2D eigenvalue weighted by Crippen LogP contribution is -2.56. The summed E-state index contributed by atoms with van der Waals surface area (Å²) < 4.78 is 5.09. The Balaban J connectivity index is 1.66. The van der Waals surface area contributed by atoms with Crippen LogP contribution in [0.5, 0.6) is 0 Å². The van der Waals surface area contributed by atoms with Gasteiger partial charge in [0.1, 0.15) is 24.7 Å². The molecule has 0 bridgehead atoms. The van der Waals surface area contributed by atoms with Crippen LogP contribution in [0.1, 0.15) is 56.9 Å². The number of amides is 5. The van der Waals surface area contributed by atoms with Crippen molar-refractivity contribution in [2.24, 2.45) is 17.2 Å². The highest BCUT2D eigenvalue weighted by Crippen LogP contribution is 2.23.